The third-order valence-corrected chi connectivity index (χ3v) is 4.88. The highest BCUT2D eigenvalue weighted by Gasteiger charge is 2.23. The van der Waals surface area contributed by atoms with Crippen LogP contribution in [0.5, 0.6) is 5.75 Å². The summed E-state index contributed by atoms with van der Waals surface area (Å²) in [7, 11) is 0. The van der Waals surface area contributed by atoms with E-state index in [-0.39, 0.29) is 6.04 Å². The summed E-state index contributed by atoms with van der Waals surface area (Å²) >= 11 is 0. The molecule has 3 aromatic rings. The molecular weight excluding hydrogens is 342 g/mol. The topological polar surface area (TPSA) is 78.0 Å². The van der Waals surface area contributed by atoms with Gasteiger partial charge in [0.15, 0.2) is 5.82 Å². The number of rotatable bonds is 3. The molecule has 142 valence electrons. The number of aryl methyl sites for hydroxylation is 2. The fraction of sp³-hybridized carbons (Fsp3) is 0.450. The Morgan fingerprint density at radius 1 is 1.11 bits per heavy atom. The van der Waals surface area contributed by atoms with Gasteiger partial charge in [-0.05, 0) is 57.9 Å². The number of aliphatic hydroxyl groups is 1. The van der Waals surface area contributed by atoms with Crippen LogP contribution in [-0.4, -0.2) is 36.0 Å². The first-order valence-electron chi connectivity index (χ1n) is 9.31. The molecule has 1 unspecified atom stereocenters. The summed E-state index contributed by atoms with van der Waals surface area (Å²) in [5.74, 6) is 3.13. The van der Waals surface area contributed by atoms with Crippen molar-refractivity contribution in [3.8, 4) is 28.7 Å². The quantitative estimate of drug-likeness (QED) is 0.767. The van der Waals surface area contributed by atoms with Crippen molar-refractivity contribution in [2.45, 2.75) is 53.3 Å². The number of fused-ring (bicyclic) bond motifs is 3. The minimum Gasteiger partial charge on any atom is -0.491 e. The zero-order chi connectivity index (χ0) is 19.3. The lowest BCUT2D eigenvalue weighted by molar-refractivity contribution is 0.198. The minimum absolute atomic E-state index is 0.197. The summed E-state index contributed by atoms with van der Waals surface area (Å²) in [6.07, 6.45) is 1.46. The molecular formula is C20H25N5O2. The minimum atomic E-state index is -0.548. The van der Waals surface area contributed by atoms with Gasteiger partial charge in [0, 0.05) is 12.2 Å². The van der Waals surface area contributed by atoms with E-state index in [2.05, 4.69) is 28.5 Å². The lowest BCUT2D eigenvalue weighted by atomic mass is 10.00. The number of nitrogens with zero attached hydrogens (tertiary/aromatic N) is 5. The SMILES string of the molecule is Cc1nc(-c2cn3c(n2)-c2cc(C(C)O)c(C)cc2OCC3)n(C(C)C)n1. The van der Waals surface area contributed by atoms with Crippen molar-refractivity contribution in [3.63, 3.8) is 0 Å². The van der Waals surface area contributed by atoms with E-state index in [1.165, 1.54) is 0 Å². The third kappa shape index (κ3) is 3.02. The Morgan fingerprint density at radius 2 is 1.89 bits per heavy atom. The number of aliphatic hydroxyl groups excluding tert-OH is 1. The van der Waals surface area contributed by atoms with E-state index in [0.717, 1.165) is 45.6 Å². The van der Waals surface area contributed by atoms with Crippen LogP contribution in [0.2, 0.25) is 0 Å². The number of ether oxygens (including phenoxy) is 1. The van der Waals surface area contributed by atoms with E-state index in [1.807, 2.05) is 36.9 Å². The summed E-state index contributed by atoms with van der Waals surface area (Å²) in [5.41, 5.74) is 3.59. The highest BCUT2D eigenvalue weighted by molar-refractivity contribution is 5.70. The molecule has 0 radical (unpaired) electrons. The third-order valence-electron chi connectivity index (χ3n) is 4.88. The molecule has 0 saturated heterocycles. The van der Waals surface area contributed by atoms with E-state index in [0.29, 0.717) is 13.2 Å². The highest BCUT2D eigenvalue weighted by atomic mass is 16.5. The van der Waals surface area contributed by atoms with Crippen LogP contribution in [0.25, 0.3) is 22.9 Å². The Hall–Kier alpha value is -2.67. The van der Waals surface area contributed by atoms with Gasteiger partial charge in [0.25, 0.3) is 0 Å². The molecule has 1 atom stereocenters. The largest absolute Gasteiger partial charge is 0.491 e. The van der Waals surface area contributed by atoms with Crippen LogP contribution < -0.4 is 4.74 Å². The highest BCUT2D eigenvalue weighted by Crippen LogP contribution is 2.37. The fourth-order valence-electron chi connectivity index (χ4n) is 3.57. The number of benzene rings is 1. The predicted octanol–water partition coefficient (Wildman–Crippen LogP) is 3.45. The number of aromatic nitrogens is 5. The Labute approximate surface area is 158 Å². The van der Waals surface area contributed by atoms with E-state index in [9.17, 15) is 5.11 Å². The van der Waals surface area contributed by atoms with Gasteiger partial charge >= 0.3 is 0 Å². The van der Waals surface area contributed by atoms with Crippen LogP contribution in [0.15, 0.2) is 18.3 Å². The van der Waals surface area contributed by atoms with Crippen molar-refractivity contribution in [2.75, 3.05) is 6.61 Å². The second kappa shape index (κ2) is 6.49. The molecule has 0 bridgehead atoms. The van der Waals surface area contributed by atoms with Crippen LogP contribution in [0.1, 0.15) is 49.9 Å². The molecule has 0 amide bonds. The van der Waals surface area contributed by atoms with Gasteiger partial charge in [-0.3, -0.25) is 0 Å². The second-order valence-electron chi connectivity index (χ2n) is 7.39. The van der Waals surface area contributed by atoms with Gasteiger partial charge in [-0.2, -0.15) is 5.10 Å². The van der Waals surface area contributed by atoms with Crippen LogP contribution in [0.3, 0.4) is 0 Å². The Kier molecular flexibility index (Phi) is 4.26. The molecule has 2 aromatic heterocycles. The average Bonchev–Trinajstić information content (AvgIpc) is 3.14. The van der Waals surface area contributed by atoms with E-state index >= 15 is 0 Å². The number of imidazole rings is 1. The van der Waals surface area contributed by atoms with Crippen molar-refractivity contribution < 1.29 is 9.84 Å². The molecule has 0 saturated carbocycles. The molecule has 4 rings (SSSR count). The normalized spacial score (nSPS) is 14.5. The molecule has 3 heterocycles. The summed E-state index contributed by atoms with van der Waals surface area (Å²) in [6, 6.07) is 4.17. The molecule has 1 aliphatic rings. The van der Waals surface area contributed by atoms with Crippen molar-refractivity contribution in [2.24, 2.45) is 0 Å². The van der Waals surface area contributed by atoms with Gasteiger partial charge in [-0.25, -0.2) is 14.6 Å². The zero-order valence-corrected chi connectivity index (χ0v) is 16.4. The summed E-state index contributed by atoms with van der Waals surface area (Å²) in [5, 5.41) is 14.6. The van der Waals surface area contributed by atoms with Crippen LogP contribution >= 0.6 is 0 Å². The van der Waals surface area contributed by atoms with E-state index < -0.39 is 6.10 Å². The lowest BCUT2D eigenvalue weighted by Gasteiger charge is -2.14. The fourth-order valence-corrected chi connectivity index (χ4v) is 3.57. The van der Waals surface area contributed by atoms with Crippen molar-refractivity contribution in [1.82, 2.24) is 24.3 Å². The molecule has 0 fully saturated rings. The molecule has 1 N–H and O–H groups in total. The zero-order valence-electron chi connectivity index (χ0n) is 16.4. The van der Waals surface area contributed by atoms with Gasteiger partial charge in [-0.15, -0.1) is 0 Å². The Bertz CT molecular complexity index is 1000. The van der Waals surface area contributed by atoms with Gasteiger partial charge in [0.1, 0.15) is 29.7 Å². The summed E-state index contributed by atoms with van der Waals surface area (Å²) in [6.45, 7) is 11.1. The van der Waals surface area contributed by atoms with Gasteiger partial charge in [0.05, 0.1) is 18.2 Å². The van der Waals surface area contributed by atoms with Crippen molar-refractivity contribution in [1.29, 1.82) is 0 Å². The second-order valence-corrected chi connectivity index (χ2v) is 7.39. The summed E-state index contributed by atoms with van der Waals surface area (Å²) < 4.78 is 9.94. The van der Waals surface area contributed by atoms with Crippen LogP contribution in [0.4, 0.5) is 0 Å². The average molecular weight is 367 g/mol. The predicted molar refractivity (Wildman–Crippen MR) is 103 cm³/mol. The first-order valence-corrected chi connectivity index (χ1v) is 9.31. The van der Waals surface area contributed by atoms with Gasteiger partial charge < -0.3 is 14.4 Å². The Balaban J connectivity index is 1.89. The van der Waals surface area contributed by atoms with Gasteiger partial charge in [0.2, 0.25) is 0 Å². The lowest BCUT2D eigenvalue weighted by Crippen LogP contribution is -2.06. The first kappa shape index (κ1) is 17.7. The number of hydrogen-bond acceptors (Lipinski definition) is 5. The smallest absolute Gasteiger partial charge is 0.178 e. The first-order chi connectivity index (χ1) is 12.8. The monoisotopic (exact) mass is 367 g/mol. The van der Waals surface area contributed by atoms with Crippen LogP contribution in [0, 0.1) is 13.8 Å². The number of hydrogen-bond donors (Lipinski definition) is 1. The standard InChI is InChI=1S/C20H25N5O2/c1-11(2)25-20(21-14(5)23-25)17-10-24-6-7-27-18-8-12(3)15(13(4)26)9-16(18)19(24)22-17/h8-11,13,26H,6-7H2,1-5H3. The van der Waals surface area contributed by atoms with Crippen LogP contribution in [-0.2, 0) is 6.54 Å². The maximum absolute atomic E-state index is 10.1. The van der Waals surface area contributed by atoms with Crippen molar-refractivity contribution >= 4 is 0 Å². The maximum atomic E-state index is 10.1. The summed E-state index contributed by atoms with van der Waals surface area (Å²) in [4.78, 5) is 9.48. The van der Waals surface area contributed by atoms with E-state index in [1.54, 1.807) is 6.92 Å². The molecule has 1 aromatic carbocycles. The Morgan fingerprint density at radius 3 is 2.59 bits per heavy atom. The molecule has 0 spiro atoms. The van der Waals surface area contributed by atoms with E-state index in [4.69, 9.17) is 9.72 Å². The van der Waals surface area contributed by atoms with Crippen molar-refractivity contribution in [3.05, 3.63) is 35.3 Å². The molecule has 1 aliphatic heterocycles. The molecule has 7 nitrogen and oxygen atoms in total. The van der Waals surface area contributed by atoms with Gasteiger partial charge in [-0.1, -0.05) is 0 Å². The molecule has 7 heteroatoms. The maximum Gasteiger partial charge on any atom is 0.178 e. The molecule has 27 heavy (non-hydrogen) atoms. The molecule has 0 aliphatic carbocycles.